The predicted octanol–water partition coefficient (Wildman–Crippen LogP) is 3.84. The van der Waals surface area contributed by atoms with Gasteiger partial charge in [0.1, 0.15) is 0 Å². The predicted molar refractivity (Wildman–Crippen MR) is 109 cm³/mol. The molecule has 138 valence electrons. The van der Waals surface area contributed by atoms with Gasteiger partial charge in [0.05, 0.1) is 13.2 Å². The number of nitrogens with zero attached hydrogens (tertiary/aromatic N) is 1. The van der Waals surface area contributed by atoms with Gasteiger partial charge in [-0.3, -0.25) is 4.79 Å². The van der Waals surface area contributed by atoms with Crippen LogP contribution in [0.25, 0.3) is 0 Å². The van der Waals surface area contributed by atoms with Crippen LogP contribution in [0.1, 0.15) is 15.9 Å². The maximum Gasteiger partial charge on any atom is 0.251 e. The first kappa shape index (κ1) is 19.1. The summed E-state index contributed by atoms with van der Waals surface area (Å²) in [6.07, 6.45) is 0. The van der Waals surface area contributed by atoms with Crippen molar-refractivity contribution >= 4 is 35.0 Å². The van der Waals surface area contributed by atoms with Gasteiger partial charge < -0.3 is 15.0 Å². The van der Waals surface area contributed by atoms with Crippen LogP contribution in [0.2, 0.25) is 5.02 Å². The first-order valence-electron chi connectivity index (χ1n) is 8.75. The Hall–Kier alpha value is -1.69. The van der Waals surface area contributed by atoms with E-state index in [1.54, 1.807) is 11.8 Å². The van der Waals surface area contributed by atoms with Crippen molar-refractivity contribution in [2.45, 2.75) is 5.75 Å². The first-order chi connectivity index (χ1) is 12.7. The molecule has 3 rings (SSSR count). The molecule has 1 N–H and O–H groups in total. The zero-order valence-corrected chi connectivity index (χ0v) is 16.2. The molecule has 1 saturated heterocycles. The van der Waals surface area contributed by atoms with Crippen molar-refractivity contribution < 1.29 is 9.53 Å². The number of rotatable bonds is 7. The molecule has 26 heavy (non-hydrogen) atoms. The average molecular weight is 391 g/mol. The van der Waals surface area contributed by atoms with Crippen LogP contribution in [-0.2, 0) is 10.5 Å². The molecule has 0 saturated carbocycles. The fourth-order valence-corrected chi connectivity index (χ4v) is 3.70. The van der Waals surface area contributed by atoms with Crippen molar-refractivity contribution in [3.63, 3.8) is 0 Å². The second-order valence-corrected chi connectivity index (χ2v) is 7.62. The number of thioether (sulfide) groups is 1. The second kappa shape index (κ2) is 9.86. The summed E-state index contributed by atoms with van der Waals surface area (Å²) in [4.78, 5) is 14.5. The van der Waals surface area contributed by atoms with Gasteiger partial charge in [-0.1, -0.05) is 23.7 Å². The monoisotopic (exact) mass is 390 g/mol. The lowest BCUT2D eigenvalue weighted by Crippen LogP contribution is -2.36. The summed E-state index contributed by atoms with van der Waals surface area (Å²) in [5.41, 5.74) is 3.08. The topological polar surface area (TPSA) is 41.6 Å². The average Bonchev–Trinajstić information content (AvgIpc) is 2.70. The highest BCUT2D eigenvalue weighted by Crippen LogP contribution is 2.17. The van der Waals surface area contributed by atoms with E-state index in [4.69, 9.17) is 16.3 Å². The maximum absolute atomic E-state index is 12.2. The lowest BCUT2D eigenvalue weighted by molar-refractivity contribution is 0.0956. The molecule has 4 nitrogen and oxygen atoms in total. The minimum Gasteiger partial charge on any atom is -0.378 e. The Labute approximate surface area is 163 Å². The third-order valence-corrected chi connectivity index (χ3v) is 5.50. The van der Waals surface area contributed by atoms with Gasteiger partial charge in [-0.25, -0.2) is 0 Å². The van der Waals surface area contributed by atoms with E-state index in [1.165, 1.54) is 5.56 Å². The van der Waals surface area contributed by atoms with Gasteiger partial charge in [0.2, 0.25) is 0 Å². The summed E-state index contributed by atoms with van der Waals surface area (Å²) in [5.74, 6) is 1.77. The van der Waals surface area contributed by atoms with E-state index in [0.29, 0.717) is 12.1 Å². The standard InChI is InChI=1S/C20H23ClN2O2S/c21-18-5-1-16(2-6-18)15-26-14-9-22-20(24)17-3-7-19(8-4-17)23-10-12-25-13-11-23/h1-8H,9-15H2,(H,22,24). The number of ether oxygens (including phenoxy) is 1. The Kier molecular flexibility index (Phi) is 7.23. The third-order valence-electron chi connectivity index (χ3n) is 4.22. The molecule has 1 amide bonds. The van der Waals surface area contributed by atoms with E-state index >= 15 is 0 Å². The van der Waals surface area contributed by atoms with E-state index < -0.39 is 0 Å². The molecule has 0 bridgehead atoms. The second-order valence-electron chi connectivity index (χ2n) is 6.08. The molecule has 1 aliphatic heterocycles. The molecule has 0 unspecified atom stereocenters. The van der Waals surface area contributed by atoms with Gasteiger partial charge in [0.15, 0.2) is 0 Å². The Morgan fingerprint density at radius 3 is 2.46 bits per heavy atom. The maximum atomic E-state index is 12.2. The van der Waals surface area contributed by atoms with Crippen LogP contribution in [-0.4, -0.2) is 44.5 Å². The van der Waals surface area contributed by atoms with Gasteiger partial charge in [-0.2, -0.15) is 11.8 Å². The van der Waals surface area contributed by atoms with Gasteiger partial charge in [0.25, 0.3) is 5.91 Å². The van der Waals surface area contributed by atoms with Gasteiger partial charge in [-0.15, -0.1) is 0 Å². The largest absolute Gasteiger partial charge is 0.378 e. The van der Waals surface area contributed by atoms with Crippen LogP contribution >= 0.6 is 23.4 Å². The van der Waals surface area contributed by atoms with E-state index in [9.17, 15) is 4.79 Å². The number of nitrogens with one attached hydrogen (secondary N) is 1. The van der Waals surface area contributed by atoms with Crippen molar-refractivity contribution in [3.8, 4) is 0 Å². The summed E-state index contributed by atoms with van der Waals surface area (Å²) in [5, 5.41) is 3.73. The van der Waals surface area contributed by atoms with Crippen molar-refractivity contribution in [2.24, 2.45) is 0 Å². The van der Waals surface area contributed by atoms with Gasteiger partial charge >= 0.3 is 0 Å². The molecule has 1 fully saturated rings. The molecular formula is C20H23ClN2O2S. The lowest BCUT2D eigenvalue weighted by atomic mass is 10.1. The van der Waals surface area contributed by atoms with Crippen LogP contribution in [0.5, 0.6) is 0 Å². The Balaban J connectivity index is 1.38. The normalized spacial score (nSPS) is 14.3. The van der Waals surface area contributed by atoms with E-state index in [1.807, 2.05) is 48.5 Å². The van der Waals surface area contributed by atoms with Crippen molar-refractivity contribution in [1.82, 2.24) is 5.32 Å². The quantitative estimate of drug-likeness (QED) is 0.729. The molecule has 2 aromatic rings. The highest BCUT2D eigenvalue weighted by molar-refractivity contribution is 7.98. The number of hydrogen-bond donors (Lipinski definition) is 1. The Morgan fingerprint density at radius 2 is 1.77 bits per heavy atom. The number of amides is 1. The fourth-order valence-electron chi connectivity index (χ4n) is 2.75. The molecule has 0 spiro atoms. The first-order valence-corrected chi connectivity index (χ1v) is 10.3. The zero-order valence-electron chi connectivity index (χ0n) is 14.6. The molecule has 2 aromatic carbocycles. The highest BCUT2D eigenvalue weighted by atomic mass is 35.5. The van der Waals surface area contributed by atoms with Gasteiger partial charge in [-0.05, 0) is 42.0 Å². The molecule has 1 aliphatic rings. The Bertz CT molecular complexity index is 701. The molecule has 0 aromatic heterocycles. The van der Waals surface area contributed by atoms with Crippen molar-refractivity contribution in [1.29, 1.82) is 0 Å². The number of benzene rings is 2. The summed E-state index contributed by atoms with van der Waals surface area (Å²) >= 11 is 7.67. The number of morpholine rings is 1. The fraction of sp³-hybridized carbons (Fsp3) is 0.350. The number of carbonyl (C=O) groups excluding carboxylic acids is 1. The van der Waals surface area contributed by atoms with E-state index in [0.717, 1.165) is 48.5 Å². The number of carbonyl (C=O) groups is 1. The molecule has 1 heterocycles. The zero-order chi connectivity index (χ0) is 18.2. The molecule has 0 atom stereocenters. The molecule has 6 heteroatoms. The van der Waals surface area contributed by atoms with E-state index in [-0.39, 0.29) is 5.91 Å². The SMILES string of the molecule is O=C(NCCSCc1ccc(Cl)cc1)c1ccc(N2CCOCC2)cc1. The van der Waals surface area contributed by atoms with Crippen molar-refractivity contribution in [3.05, 3.63) is 64.7 Å². The molecule has 0 aliphatic carbocycles. The summed E-state index contributed by atoms with van der Waals surface area (Å²) in [6.45, 7) is 3.97. The van der Waals surface area contributed by atoms with Crippen LogP contribution in [0.3, 0.4) is 0 Å². The molecular weight excluding hydrogens is 368 g/mol. The summed E-state index contributed by atoms with van der Waals surface area (Å²) in [6, 6.07) is 15.7. The minimum atomic E-state index is -0.0226. The Morgan fingerprint density at radius 1 is 1.08 bits per heavy atom. The minimum absolute atomic E-state index is 0.0226. The highest BCUT2D eigenvalue weighted by Gasteiger charge is 2.12. The summed E-state index contributed by atoms with van der Waals surface area (Å²) < 4.78 is 5.37. The van der Waals surface area contributed by atoms with Crippen molar-refractivity contribution in [2.75, 3.05) is 43.5 Å². The van der Waals surface area contributed by atoms with Crippen LogP contribution < -0.4 is 10.2 Å². The molecule has 0 radical (unpaired) electrons. The third kappa shape index (κ3) is 5.66. The van der Waals surface area contributed by atoms with Crippen LogP contribution in [0, 0.1) is 0 Å². The number of anilines is 1. The van der Waals surface area contributed by atoms with Crippen LogP contribution in [0.4, 0.5) is 5.69 Å². The summed E-state index contributed by atoms with van der Waals surface area (Å²) in [7, 11) is 0. The van der Waals surface area contributed by atoms with E-state index in [2.05, 4.69) is 10.2 Å². The smallest absolute Gasteiger partial charge is 0.251 e. The van der Waals surface area contributed by atoms with Crippen LogP contribution in [0.15, 0.2) is 48.5 Å². The number of hydrogen-bond acceptors (Lipinski definition) is 4. The lowest BCUT2D eigenvalue weighted by Gasteiger charge is -2.28. The number of halogens is 1. The van der Waals surface area contributed by atoms with Gasteiger partial charge in [0, 0.05) is 47.4 Å².